The van der Waals surface area contributed by atoms with Crippen molar-refractivity contribution in [1.29, 1.82) is 0 Å². The molecule has 1 fully saturated rings. The van der Waals surface area contributed by atoms with Gasteiger partial charge in [-0.1, -0.05) is 0 Å². The summed E-state index contributed by atoms with van der Waals surface area (Å²) in [7, 11) is 1.73. The molecule has 0 spiro atoms. The standard InChI is InChI=1S/C19H18FN7O/c1-26-10-12-6-11(7-15(20)16(12)25-26)17-23-18-14(19(28)24-17)8-13(9-22-18)27-4-2-21-3-5-27/h6-10,21H,2-5H2,1H3,(H,22,23,24,28). The van der Waals surface area contributed by atoms with Gasteiger partial charge in [0.1, 0.15) is 11.3 Å². The maximum atomic E-state index is 14.4. The van der Waals surface area contributed by atoms with Crippen molar-refractivity contribution in [3.05, 3.63) is 46.8 Å². The van der Waals surface area contributed by atoms with E-state index in [0.29, 0.717) is 22.0 Å². The zero-order valence-electron chi connectivity index (χ0n) is 15.2. The number of aromatic amines is 1. The lowest BCUT2D eigenvalue weighted by molar-refractivity contribution is 0.589. The fraction of sp³-hybridized carbons (Fsp3) is 0.263. The molecule has 0 saturated carbocycles. The Morgan fingerprint density at radius 2 is 2.00 bits per heavy atom. The van der Waals surface area contributed by atoms with Crippen molar-refractivity contribution < 1.29 is 4.39 Å². The van der Waals surface area contributed by atoms with Gasteiger partial charge in [0.05, 0.1) is 17.3 Å². The third-order valence-electron chi connectivity index (χ3n) is 4.98. The molecule has 4 aromatic rings. The first kappa shape index (κ1) is 16.8. The van der Waals surface area contributed by atoms with Crippen molar-refractivity contribution in [2.75, 3.05) is 31.1 Å². The number of halogens is 1. The van der Waals surface area contributed by atoms with E-state index in [1.165, 1.54) is 6.07 Å². The minimum absolute atomic E-state index is 0.282. The molecule has 1 aliphatic rings. The van der Waals surface area contributed by atoms with Crippen molar-refractivity contribution >= 4 is 27.6 Å². The number of H-pyrrole nitrogens is 1. The van der Waals surface area contributed by atoms with Crippen LogP contribution < -0.4 is 15.8 Å². The molecule has 1 saturated heterocycles. The number of hydrogen-bond donors (Lipinski definition) is 2. The lowest BCUT2D eigenvalue weighted by atomic mass is 10.1. The van der Waals surface area contributed by atoms with E-state index in [9.17, 15) is 9.18 Å². The molecular weight excluding hydrogens is 361 g/mol. The van der Waals surface area contributed by atoms with E-state index in [1.54, 1.807) is 30.2 Å². The smallest absolute Gasteiger partial charge is 0.260 e. The Hall–Kier alpha value is -3.33. The average Bonchev–Trinajstić information content (AvgIpc) is 3.09. The molecule has 0 unspecified atom stereocenters. The summed E-state index contributed by atoms with van der Waals surface area (Å²) in [6, 6.07) is 4.90. The molecule has 0 radical (unpaired) electrons. The number of rotatable bonds is 2. The van der Waals surface area contributed by atoms with Gasteiger partial charge in [0.2, 0.25) is 0 Å². The third-order valence-corrected chi connectivity index (χ3v) is 4.98. The van der Waals surface area contributed by atoms with E-state index in [2.05, 4.69) is 30.3 Å². The van der Waals surface area contributed by atoms with Crippen molar-refractivity contribution in [2.24, 2.45) is 7.05 Å². The maximum Gasteiger partial charge on any atom is 0.260 e. The van der Waals surface area contributed by atoms with Gasteiger partial charge in [-0.2, -0.15) is 5.10 Å². The molecule has 3 aromatic heterocycles. The number of fused-ring (bicyclic) bond motifs is 2. The lowest BCUT2D eigenvalue weighted by Gasteiger charge is -2.29. The quantitative estimate of drug-likeness (QED) is 0.547. The minimum atomic E-state index is -0.460. The summed E-state index contributed by atoms with van der Waals surface area (Å²) in [4.78, 5) is 26.5. The van der Waals surface area contributed by atoms with E-state index in [1.807, 2.05) is 6.07 Å². The SMILES string of the molecule is Cn1cc2cc(-c3nc4ncc(N5CCNCC5)cc4c(=O)[nH]3)cc(F)c2n1. The van der Waals surface area contributed by atoms with Crippen LogP contribution in [0.1, 0.15) is 0 Å². The van der Waals surface area contributed by atoms with Crippen molar-refractivity contribution in [1.82, 2.24) is 30.0 Å². The molecule has 8 nitrogen and oxygen atoms in total. The lowest BCUT2D eigenvalue weighted by Crippen LogP contribution is -2.43. The minimum Gasteiger partial charge on any atom is -0.368 e. The Balaban J connectivity index is 1.60. The van der Waals surface area contributed by atoms with Crippen molar-refractivity contribution in [3.63, 3.8) is 0 Å². The first-order valence-electron chi connectivity index (χ1n) is 9.07. The number of pyridine rings is 1. The predicted octanol–water partition coefficient (Wildman–Crippen LogP) is 1.42. The summed E-state index contributed by atoms with van der Waals surface area (Å²) in [5, 5.41) is 8.46. The highest BCUT2D eigenvalue weighted by molar-refractivity contribution is 5.85. The van der Waals surface area contributed by atoms with Gasteiger partial charge in [0.15, 0.2) is 11.5 Å². The van der Waals surface area contributed by atoms with Crippen LogP contribution in [0.5, 0.6) is 0 Å². The van der Waals surface area contributed by atoms with Gasteiger partial charge in [0.25, 0.3) is 5.56 Å². The van der Waals surface area contributed by atoms with Crippen LogP contribution in [0.2, 0.25) is 0 Å². The number of nitrogens with zero attached hydrogens (tertiary/aromatic N) is 5. The summed E-state index contributed by atoms with van der Waals surface area (Å²) < 4.78 is 15.9. The Kier molecular flexibility index (Phi) is 3.83. The van der Waals surface area contributed by atoms with E-state index in [-0.39, 0.29) is 16.9 Å². The fourth-order valence-corrected chi connectivity index (χ4v) is 3.59. The normalized spacial score (nSPS) is 14.9. The summed E-state index contributed by atoms with van der Waals surface area (Å²) in [5.74, 6) is -0.178. The van der Waals surface area contributed by atoms with E-state index in [4.69, 9.17) is 0 Å². The first-order valence-corrected chi connectivity index (χ1v) is 9.07. The van der Waals surface area contributed by atoms with Crippen LogP contribution in [0, 0.1) is 5.82 Å². The largest absolute Gasteiger partial charge is 0.368 e. The monoisotopic (exact) mass is 379 g/mol. The van der Waals surface area contributed by atoms with Crippen molar-refractivity contribution in [2.45, 2.75) is 0 Å². The number of aromatic nitrogens is 5. The molecule has 5 rings (SSSR count). The van der Waals surface area contributed by atoms with Gasteiger partial charge in [-0.05, 0) is 18.2 Å². The fourth-order valence-electron chi connectivity index (χ4n) is 3.59. The summed E-state index contributed by atoms with van der Waals surface area (Å²) >= 11 is 0. The second-order valence-electron chi connectivity index (χ2n) is 6.91. The van der Waals surface area contributed by atoms with Crippen LogP contribution in [0.15, 0.2) is 35.4 Å². The number of piperazine rings is 1. The first-order chi connectivity index (χ1) is 13.6. The Morgan fingerprint density at radius 1 is 1.18 bits per heavy atom. The summed E-state index contributed by atoms with van der Waals surface area (Å²) in [5.41, 5.74) is 1.70. The van der Waals surface area contributed by atoms with Gasteiger partial charge in [-0.3, -0.25) is 9.48 Å². The Labute approximate surface area is 159 Å². The number of anilines is 1. The molecule has 1 aromatic carbocycles. The molecule has 28 heavy (non-hydrogen) atoms. The van der Waals surface area contributed by atoms with Crippen LogP contribution >= 0.6 is 0 Å². The van der Waals surface area contributed by atoms with E-state index >= 15 is 0 Å². The van der Waals surface area contributed by atoms with Gasteiger partial charge < -0.3 is 15.2 Å². The maximum absolute atomic E-state index is 14.4. The van der Waals surface area contributed by atoms with E-state index < -0.39 is 5.82 Å². The highest BCUT2D eigenvalue weighted by Gasteiger charge is 2.15. The zero-order valence-corrected chi connectivity index (χ0v) is 15.2. The summed E-state index contributed by atoms with van der Waals surface area (Å²) in [6.45, 7) is 3.52. The van der Waals surface area contributed by atoms with E-state index in [0.717, 1.165) is 31.9 Å². The molecule has 0 aliphatic carbocycles. The van der Waals surface area contributed by atoms with Gasteiger partial charge in [-0.25, -0.2) is 14.4 Å². The van der Waals surface area contributed by atoms with Crippen LogP contribution in [-0.4, -0.2) is 50.9 Å². The Bertz CT molecular complexity index is 1260. The zero-order chi connectivity index (χ0) is 19.3. The van der Waals surface area contributed by atoms with Crippen LogP contribution in [0.3, 0.4) is 0 Å². The molecule has 0 atom stereocenters. The molecule has 2 N–H and O–H groups in total. The average molecular weight is 379 g/mol. The Morgan fingerprint density at radius 3 is 2.82 bits per heavy atom. The molecule has 0 bridgehead atoms. The number of aryl methyl sites for hydroxylation is 1. The third kappa shape index (κ3) is 2.80. The number of nitrogens with one attached hydrogen (secondary N) is 2. The second-order valence-corrected chi connectivity index (χ2v) is 6.91. The molecule has 9 heteroatoms. The van der Waals surface area contributed by atoms with Gasteiger partial charge in [0, 0.05) is 50.4 Å². The number of hydrogen-bond acceptors (Lipinski definition) is 6. The topological polar surface area (TPSA) is 91.7 Å². The highest BCUT2D eigenvalue weighted by Crippen LogP contribution is 2.25. The molecule has 0 amide bonds. The highest BCUT2D eigenvalue weighted by atomic mass is 19.1. The van der Waals surface area contributed by atoms with Crippen molar-refractivity contribution in [3.8, 4) is 11.4 Å². The molecule has 142 valence electrons. The summed E-state index contributed by atoms with van der Waals surface area (Å²) in [6.07, 6.45) is 3.45. The molecule has 1 aliphatic heterocycles. The van der Waals surface area contributed by atoms with Crippen LogP contribution in [0.4, 0.5) is 10.1 Å². The van der Waals surface area contributed by atoms with Gasteiger partial charge >= 0.3 is 0 Å². The second kappa shape index (κ2) is 6.38. The van der Waals surface area contributed by atoms with Crippen LogP contribution in [0.25, 0.3) is 33.3 Å². The predicted molar refractivity (Wildman–Crippen MR) is 105 cm³/mol. The molecule has 4 heterocycles. The molecular formula is C19H18FN7O. The van der Waals surface area contributed by atoms with Crippen LogP contribution in [-0.2, 0) is 7.05 Å². The number of benzene rings is 1. The van der Waals surface area contributed by atoms with Gasteiger partial charge in [-0.15, -0.1) is 0 Å².